The first-order valence-electron chi connectivity index (χ1n) is 9.23. The van der Waals surface area contributed by atoms with Crippen LogP contribution in [0.15, 0.2) is 47.5 Å². The largest absolute Gasteiger partial charge is 0.338 e. The molecular weight excluding hydrogens is 414 g/mol. The highest BCUT2D eigenvalue weighted by Gasteiger charge is 2.30. The molecule has 1 saturated heterocycles. The Morgan fingerprint density at radius 2 is 2.07 bits per heavy atom. The lowest BCUT2D eigenvalue weighted by atomic mass is 9.96. The number of carbonyl (C=O) groups is 1. The highest BCUT2D eigenvalue weighted by molar-refractivity contribution is 7.89. The zero-order valence-electron chi connectivity index (χ0n) is 15.7. The number of piperidine rings is 1. The van der Waals surface area contributed by atoms with Gasteiger partial charge in [-0.1, -0.05) is 17.7 Å². The van der Waals surface area contributed by atoms with E-state index in [1.165, 1.54) is 25.2 Å². The van der Waals surface area contributed by atoms with Crippen molar-refractivity contribution in [3.63, 3.8) is 0 Å². The molecule has 1 unspecified atom stereocenters. The summed E-state index contributed by atoms with van der Waals surface area (Å²) in [5.41, 5.74) is 0.939. The fourth-order valence-electron chi connectivity index (χ4n) is 3.63. The van der Waals surface area contributed by atoms with Crippen LogP contribution in [0.25, 0.3) is 5.65 Å². The Hall–Kier alpha value is -2.49. The molecule has 1 N–H and O–H groups in total. The summed E-state index contributed by atoms with van der Waals surface area (Å²) < 4.78 is 28.4. The van der Waals surface area contributed by atoms with Crippen LogP contribution >= 0.6 is 11.6 Å². The average Bonchev–Trinajstić information content (AvgIpc) is 3.18. The van der Waals surface area contributed by atoms with Crippen molar-refractivity contribution in [2.24, 2.45) is 0 Å². The van der Waals surface area contributed by atoms with E-state index in [0.717, 1.165) is 24.3 Å². The number of nitrogens with zero attached hydrogens (tertiary/aromatic N) is 4. The van der Waals surface area contributed by atoms with Gasteiger partial charge in [-0.3, -0.25) is 9.20 Å². The van der Waals surface area contributed by atoms with Gasteiger partial charge < -0.3 is 4.90 Å². The van der Waals surface area contributed by atoms with Crippen LogP contribution in [-0.2, 0) is 10.0 Å². The lowest BCUT2D eigenvalue weighted by molar-refractivity contribution is 0.0704. The van der Waals surface area contributed by atoms with E-state index in [0.29, 0.717) is 13.1 Å². The van der Waals surface area contributed by atoms with Gasteiger partial charge in [0.25, 0.3) is 5.91 Å². The summed E-state index contributed by atoms with van der Waals surface area (Å²) in [6.45, 7) is 1.04. The number of carbonyl (C=O) groups excluding carboxylic acids is 1. The van der Waals surface area contributed by atoms with Gasteiger partial charge in [-0.25, -0.2) is 13.1 Å². The van der Waals surface area contributed by atoms with E-state index in [1.807, 2.05) is 28.8 Å². The van der Waals surface area contributed by atoms with Gasteiger partial charge in [-0.15, -0.1) is 10.2 Å². The van der Waals surface area contributed by atoms with Gasteiger partial charge in [-0.05, 0) is 50.2 Å². The molecule has 29 heavy (non-hydrogen) atoms. The van der Waals surface area contributed by atoms with Crippen LogP contribution in [-0.4, -0.2) is 54.0 Å². The molecule has 1 atom stereocenters. The Balaban J connectivity index is 1.62. The van der Waals surface area contributed by atoms with E-state index in [-0.39, 0.29) is 27.3 Å². The second-order valence-electron chi connectivity index (χ2n) is 6.93. The van der Waals surface area contributed by atoms with Crippen molar-refractivity contribution in [1.82, 2.24) is 24.2 Å². The fraction of sp³-hybridized carbons (Fsp3) is 0.316. The number of benzene rings is 1. The third-order valence-electron chi connectivity index (χ3n) is 5.16. The maximum absolute atomic E-state index is 13.2. The second-order valence-corrected chi connectivity index (χ2v) is 9.22. The summed E-state index contributed by atoms with van der Waals surface area (Å²) in [5, 5.41) is 8.74. The molecule has 1 amide bonds. The van der Waals surface area contributed by atoms with Crippen molar-refractivity contribution in [3.05, 3.63) is 59.0 Å². The van der Waals surface area contributed by atoms with Gasteiger partial charge in [0.1, 0.15) is 5.82 Å². The van der Waals surface area contributed by atoms with Gasteiger partial charge in [0.15, 0.2) is 5.65 Å². The van der Waals surface area contributed by atoms with Gasteiger partial charge in [0.05, 0.1) is 15.5 Å². The second kappa shape index (κ2) is 7.74. The van der Waals surface area contributed by atoms with E-state index >= 15 is 0 Å². The molecule has 10 heteroatoms. The van der Waals surface area contributed by atoms with Gasteiger partial charge in [0.2, 0.25) is 10.0 Å². The zero-order chi connectivity index (χ0) is 20.6. The minimum Gasteiger partial charge on any atom is -0.338 e. The number of likely N-dealkylation sites (tertiary alicyclic amines) is 1. The summed E-state index contributed by atoms with van der Waals surface area (Å²) in [4.78, 5) is 14.9. The molecule has 1 aromatic carbocycles. The van der Waals surface area contributed by atoms with Crippen LogP contribution in [0.1, 0.15) is 34.9 Å². The SMILES string of the molecule is CNS(=O)(=O)c1ccc(Cl)c(C(=O)N2CCCC(c3nnc4ccccn34)C2)c1. The number of fused-ring (bicyclic) bond motifs is 1. The smallest absolute Gasteiger partial charge is 0.255 e. The lowest BCUT2D eigenvalue weighted by Crippen LogP contribution is -2.39. The first-order valence-corrected chi connectivity index (χ1v) is 11.1. The average molecular weight is 434 g/mol. The first kappa shape index (κ1) is 19.8. The molecule has 1 fully saturated rings. The highest BCUT2D eigenvalue weighted by Crippen LogP contribution is 2.29. The number of amides is 1. The van der Waals surface area contributed by atoms with Gasteiger partial charge >= 0.3 is 0 Å². The van der Waals surface area contributed by atoms with Crippen molar-refractivity contribution in [2.45, 2.75) is 23.7 Å². The van der Waals surface area contributed by atoms with E-state index in [2.05, 4.69) is 14.9 Å². The van der Waals surface area contributed by atoms with E-state index < -0.39 is 10.0 Å². The van der Waals surface area contributed by atoms with E-state index in [9.17, 15) is 13.2 Å². The fourth-order valence-corrected chi connectivity index (χ4v) is 4.59. The van der Waals surface area contributed by atoms with Crippen molar-refractivity contribution in [1.29, 1.82) is 0 Å². The Kier molecular flexibility index (Phi) is 5.28. The predicted octanol–water partition coefficient (Wildman–Crippen LogP) is 2.31. The summed E-state index contributed by atoms with van der Waals surface area (Å²) in [6, 6.07) is 9.85. The number of hydrogen-bond donors (Lipinski definition) is 1. The Labute approximate surface area is 173 Å². The standard InChI is InChI=1S/C19H20ClN5O3S/c1-21-29(27,28)14-7-8-16(20)15(11-14)19(26)24-9-4-5-13(12-24)18-23-22-17-6-2-3-10-25(17)18/h2-3,6-8,10-11,13,21H,4-5,9,12H2,1H3. The quantitative estimate of drug-likeness (QED) is 0.681. The van der Waals surface area contributed by atoms with Crippen LogP contribution in [0.4, 0.5) is 0 Å². The number of sulfonamides is 1. The third-order valence-corrected chi connectivity index (χ3v) is 6.90. The zero-order valence-corrected chi connectivity index (χ0v) is 17.3. The van der Waals surface area contributed by atoms with Crippen molar-refractivity contribution >= 4 is 33.2 Å². The molecule has 8 nitrogen and oxygen atoms in total. The van der Waals surface area contributed by atoms with Crippen LogP contribution in [0, 0.1) is 0 Å². The molecule has 0 spiro atoms. The topological polar surface area (TPSA) is 96.7 Å². The molecule has 0 saturated carbocycles. The van der Waals surface area contributed by atoms with E-state index in [1.54, 1.807) is 4.90 Å². The van der Waals surface area contributed by atoms with Crippen molar-refractivity contribution in [2.75, 3.05) is 20.1 Å². The van der Waals surface area contributed by atoms with Crippen molar-refractivity contribution < 1.29 is 13.2 Å². The van der Waals surface area contributed by atoms with Gasteiger partial charge in [0, 0.05) is 25.2 Å². The number of aromatic nitrogens is 3. The summed E-state index contributed by atoms with van der Waals surface area (Å²) in [6.07, 6.45) is 3.61. The molecule has 3 aromatic rings. The summed E-state index contributed by atoms with van der Waals surface area (Å²) >= 11 is 6.23. The highest BCUT2D eigenvalue weighted by atomic mass is 35.5. The van der Waals surface area contributed by atoms with Crippen LogP contribution in [0.5, 0.6) is 0 Å². The molecule has 1 aliphatic heterocycles. The molecule has 4 rings (SSSR count). The Morgan fingerprint density at radius 1 is 1.24 bits per heavy atom. The maximum Gasteiger partial charge on any atom is 0.255 e. The lowest BCUT2D eigenvalue weighted by Gasteiger charge is -2.32. The molecule has 3 heterocycles. The molecule has 152 valence electrons. The normalized spacial score (nSPS) is 17.6. The Morgan fingerprint density at radius 3 is 2.86 bits per heavy atom. The molecule has 0 aliphatic carbocycles. The monoisotopic (exact) mass is 433 g/mol. The molecule has 0 bridgehead atoms. The predicted molar refractivity (Wildman–Crippen MR) is 109 cm³/mol. The van der Waals surface area contributed by atoms with Crippen LogP contribution in [0.2, 0.25) is 5.02 Å². The number of rotatable bonds is 4. The molecule has 0 radical (unpaired) electrons. The van der Waals surface area contributed by atoms with Crippen LogP contribution < -0.4 is 4.72 Å². The molecule has 1 aliphatic rings. The maximum atomic E-state index is 13.2. The van der Waals surface area contributed by atoms with E-state index in [4.69, 9.17) is 11.6 Å². The molecule has 2 aromatic heterocycles. The number of hydrogen-bond acceptors (Lipinski definition) is 5. The van der Waals surface area contributed by atoms with Gasteiger partial charge in [-0.2, -0.15) is 0 Å². The summed E-state index contributed by atoms with van der Waals surface area (Å²) in [7, 11) is -2.35. The molecular formula is C19H20ClN5O3S. The minimum absolute atomic E-state index is 0.00441. The number of nitrogens with one attached hydrogen (secondary N) is 1. The number of pyridine rings is 1. The Bertz CT molecular complexity index is 1180. The van der Waals surface area contributed by atoms with Crippen molar-refractivity contribution in [3.8, 4) is 0 Å². The minimum atomic E-state index is -3.67. The summed E-state index contributed by atoms with van der Waals surface area (Å²) in [5.74, 6) is 0.561. The third kappa shape index (κ3) is 3.73. The number of halogens is 1. The van der Waals surface area contributed by atoms with Crippen LogP contribution in [0.3, 0.4) is 0 Å². The first-order chi connectivity index (χ1) is 13.9.